The van der Waals surface area contributed by atoms with E-state index in [9.17, 15) is 18.5 Å². The van der Waals surface area contributed by atoms with Gasteiger partial charge in [0.25, 0.3) is 5.69 Å². The van der Waals surface area contributed by atoms with Gasteiger partial charge in [-0.1, -0.05) is 6.42 Å². The molecule has 1 aromatic rings. The lowest BCUT2D eigenvalue weighted by Crippen LogP contribution is -2.35. The van der Waals surface area contributed by atoms with E-state index >= 15 is 0 Å². The number of nitro benzene ring substituents is 1. The summed E-state index contributed by atoms with van der Waals surface area (Å²) in [4.78, 5) is 10.1. The number of nitro groups is 1. The maximum absolute atomic E-state index is 12.3. The van der Waals surface area contributed by atoms with Crippen LogP contribution in [0.2, 0.25) is 0 Å². The van der Waals surface area contributed by atoms with Gasteiger partial charge >= 0.3 is 0 Å². The van der Waals surface area contributed by atoms with E-state index in [-0.39, 0.29) is 16.6 Å². The molecule has 0 spiro atoms. The molecule has 2 rings (SSSR count). The van der Waals surface area contributed by atoms with Crippen molar-refractivity contribution in [1.29, 1.82) is 0 Å². The lowest BCUT2D eigenvalue weighted by atomic mass is 10.3. The molecule has 0 aliphatic heterocycles. The first-order valence-electron chi connectivity index (χ1n) is 5.67. The Morgan fingerprint density at radius 3 is 2.28 bits per heavy atom. The first-order chi connectivity index (χ1) is 8.43. The standard InChI is InChI=1S/C11H14N2O4S/c12-10-2-1-3-11(10)18(16,17)9-6-4-8(5-7-9)13(14)15/h4-7,10-11H,1-3,12H2. The van der Waals surface area contributed by atoms with Crippen LogP contribution in [0.15, 0.2) is 29.2 Å². The molecule has 0 amide bonds. The highest BCUT2D eigenvalue weighted by molar-refractivity contribution is 7.92. The van der Waals surface area contributed by atoms with Crippen molar-refractivity contribution >= 4 is 15.5 Å². The molecule has 7 heteroatoms. The highest BCUT2D eigenvalue weighted by Crippen LogP contribution is 2.29. The number of non-ortho nitro benzene ring substituents is 1. The maximum atomic E-state index is 12.3. The van der Waals surface area contributed by atoms with E-state index < -0.39 is 20.0 Å². The summed E-state index contributed by atoms with van der Waals surface area (Å²) < 4.78 is 24.6. The Balaban J connectivity index is 2.33. The Hall–Kier alpha value is -1.47. The molecule has 1 aromatic carbocycles. The van der Waals surface area contributed by atoms with Gasteiger partial charge in [-0.05, 0) is 25.0 Å². The molecule has 98 valence electrons. The van der Waals surface area contributed by atoms with E-state index in [1.165, 1.54) is 24.3 Å². The second-order valence-corrected chi connectivity index (χ2v) is 6.60. The highest BCUT2D eigenvalue weighted by atomic mass is 32.2. The predicted octanol–water partition coefficient (Wildman–Crippen LogP) is 1.25. The third kappa shape index (κ3) is 2.23. The van der Waals surface area contributed by atoms with Gasteiger partial charge in [0.1, 0.15) is 0 Å². The summed E-state index contributed by atoms with van der Waals surface area (Å²) in [5.41, 5.74) is 5.67. The van der Waals surface area contributed by atoms with Crippen molar-refractivity contribution in [3.05, 3.63) is 34.4 Å². The van der Waals surface area contributed by atoms with Crippen LogP contribution in [0.1, 0.15) is 19.3 Å². The van der Waals surface area contributed by atoms with Crippen LogP contribution in [-0.4, -0.2) is 24.6 Å². The van der Waals surface area contributed by atoms with Crippen molar-refractivity contribution in [3.63, 3.8) is 0 Å². The van der Waals surface area contributed by atoms with Gasteiger partial charge in [0, 0.05) is 18.2 Å². The van der Waals surface area contributed by atoms with E-state index in [1.54, 1.807) is 0 Å². The minimum absolute atomic E-state index is 0.107. The van der Waals surface area contributed by atoms with Crippen molar-refractivity contribution in [2.75, 3.05) is 0 Å². The zero-order valence-corrected chi connectivity index (χ0v) is 10.5. The average Bonchev–Trinajstić information content (AvgIpc) is 2.76. The molecule has 0 aromatic heterocycles. The van der Waals surface area contributed by atoms with Gasteiger partial charge in [-0.3, -0.25) is 10.1 Å². The van der Waals surface area contributed by atoms with E-state index in [2.05, 4.69) is 0 Å². The first kappa shape index (κ1) is 13.0. The lowest BCUT2D eigenvalue weighted by Gasteiger charge is -2.15. The molecule has 6 nitrogen and oxygen atoms in total. The molecule has 18 heavy (non-hydrogen) atoms. The zero-order chi connectivity index (χ0) is 13.3. The number of hydrogen-bond donors (Lipinski definition) is 1. The molecule has 2 unspecified atom stereocenters. The van der Waals surface area contributed by atoms with E-state index in [4.69, 9.17) is 5.73 Å². The Kier molecular flexibility index (Phi) is 3.36. The van der Waals surface area contributed by atoms with Crippen LogP contribution in [0.4, 0.5) is 5.69 Å². The molecular weight excluding hydrogens is 256 g/mol. The maximum Gasteiger partial charge on any atom is 0.269 e. The lowest BCUT2D eigenvalue weighted by molar-refractivity contribution is -0.384. The van der Waals surface area contributed by atoms with Crippen LogP contribution in [0.25, 0.3) is 0 Å². The van der Waals surface area contributed by atoms with Gasteiger partial charge in [0.2, 0.25) is 0 Å². The van der Waals surface area contributed by atoms with E-state index in [0.717, 1.165) is 6.42 Å². The molecule has 0 radical (unpaired) electrons. The normalized spacial score (nSPS) is 24.1. The molecule has 1 aliphatic rings. The van der Waals surface area contributed by atoms with Gasteiger partial charge in [-0.2, -0.15) is 0 Å². The monoisotopic (exact) mass is 270 g/mol. The van der Waals surface area contributed by atoms with Gasteiger partial charge < -0.3 is 5.73 Å². The van der Waals surface area contributed by atoms with E-state index in [0.29, 0.717) is 12.8 Å². The number of nitrogens with two attached hydrogens (primary N) is 1. The minimum Gasteiger partial charge on any atom is -0.327 e. The van der Waals surface area contributed by atoms with Crippen molar-refractivity contribution in [2.45, 2.75) is 35.4 Å². The predicted molar refractivity (Wildman–Crippen MR) is 65.9 cm³/mol. The van der Waals surface area contributed by atoms with Gasteiger partial charge in [0.05, 0.1) is 15.1 Å². The van der Waals surface area contributed by atoms with Crippen LogP contribution in [-0.2, 0) is 9.84 Å². The summed E-state index contributed by atoms with van der Waals surface area (Å²) >= 11 is 0. The Bertz CT molecular complexity index is 553. The van der Waals surface area contributed by atoms with Crippen LogP contribution < -0.4 is 5.73 Å². The summed E-state index contributed by atoms with van der Waals surface area (Å²) in [6.45, 7) is 0. The van der Waals surface area contributed by atoms with Crippen LogP contribution in [0, 0.1) is 10.1 Å². The number of benzene rings is 1. The van der Waals surface area contributed by atoms with Crippen molar-refractivity contribution in [2.24, 2.45) is 5.73 Å². The van der Waals surface area contributed by atoms with Crippen LogP contribution in [0.5, 0.6) is 0 Å². The Morgan fingerprint density at radius 1 is 1.22 bits per heavy atom. The fourth-order valence-corrected chi connectivity index (χ4v) is 4.21. The number of sulfone groups is 1. The summed E-state index contributed by atoms with van der Waals surface area (Å²) in [7, 11) is -3.48. The van der Waals surface area contributed by atoms with Gasteiger partial charge in [0.15, 0.2) is 9.84 Å². The SMILES string of the molecule is NC1CCCC1S(=O)(=O)c1ccc([N+](=O)[O-])cc1. The van der Waals surface area contributed by atoms with Crippen molar-refractivity contribution < 1.29 is 13.3 Å². The molecular formula is C11H14N2O4S. The molecule has 0 bridgehead atoms. The average molecular weight is 270 g/mol. The van der Waals surface area contributed by atoms with Crippen LogP contribution in [0.3, 0.4) is 0 Å². The second kappa shape index (κ2) is 4.66. The molecule has 0 heterocycles. The largest absolute Gasteiger partial charge is 0.327 e. The number of nitrogens with zero attached hydrogens (tertiary/aromatic N) is 1. The first-order valence-corrected chi connectivity index (χ1v) is 7.21. The topological polar surface area (TPSA) is 103 Å². The van der Waals surface area contributed by atoms with Crippen LogP contribution >= 0.6 is 0 Å². The Labute approximate surface area is 105 Å². The van der Waals surface area contributed by atoms with Gasteiger partial charge in [-0.25, -0.2) is 8.42 Å². The molecule has 1 aliphatic carbocycles. The number of hydrogen-bond acceptors (Lipinski definition) is 5. The van der Waals surface area contributed by atoms with Crippen molar-refractivity contribution in [1.82, 2.24) is 0 Å². The summed E-state index contributed by atoms with van der Waals surface area (Å²) in [5.74, 6) is 0. The third-order valence-corrected chi connectivity index (χ3v) is 5.59. The smallest absolute Gasteiger partial charge is 0.269 e. The highest BCUT2D eigenvalue weighted by Gasteiger charge is 2.36. The Morgan fingerprint density at radius 2 is 1.83 bits per heavy atom. The molecule has 2 atom stereocenters. The summed E-state index contributed by atoms with van der Waals surface area (Å²) in [5, 5.41) is 9.94. The molecule has 2 N–H and O–H groups in total. The number of rotatable bonds is 3. The molecule has 1 fully saturated rings. The summed E-state index contributed by atoms with van der Waals surface area (Å²) in [6.07, 6.45) is 2.06. The third-order valence-electron chi connectivity index (χ3n) is 3.28. The molecule has 0 saturated heterocycles. The van der Waals surface area contributed by atoms with Gasteiger partial charge in [-0.15, -0.1) is 0 Å². The fraction of sp³-hybridized carbons (Fsp3) is 0.455. The van der Waals surface area contributed by atoms with Crippen molar-refractivity contribution in [3.8, 4) is 0 Å². The van der Waals surface area contributed by atoms with E-state index in [1.807, 2.05) is 0 Å². The zero-order valence-electron chi connectivity index (χ0n) is 9.65. The quantitative estimate of drug-likeness (QED) is 0.657. The summed E-state index contributed by atoms with van der Waals surface area (Å²) in [6, 6.07) is 4.61. The fourth-order valence-electron chi connectivity index (χ4n) is 2.27. The molecule has 1 saturated carbocycles. The second-order valence-electron chi connectivity index (χ2n) is 4.43. The minimum atomic E-state index is -3.48.